The summed E-state index contributed by atoms with van der Waals surface area (Å²) in [5.41, 5.74) is 3.06. The number of amides is 1. The minimum absolute atomic E-state index is 0.139. The van der Waals surface area contributed by atoms with Gasteiger partial charge in [0.15, 0.2) is 0 Å². The van der Waals surface area contributed by atoms with Gasteiger partial charge in [-0.05, 0) is 30.9 Å². The Morgan fingerprint density at radius 2 is 1.89 bits per heavy atom. The summed E-state index contributed by atoms with van der Waals surface area (Å²) in [7, 11) is 0. The molecule has 1 aromatic carbocycles. The normalized spacial score (nSPS) is 12.3. The van der Waals surface area contributed by atoms with E-state index >= 15 is 0 Å². The summed E-state index contributed by atoms with van der Waals surface area (Å²) < 4.78 is 0. The SMILES string of the molecule is Cc1ccc(C)c(CC(=O)NC(C(=O)O)C(C)C)c1. The van der Waals surface area contributed by atoms with Crippen LogP contribution in [0, 0.1) is 19.8 Å². The molecule has 0 aliphatic rings. The number of nitrogens with one attached hydrogen (secondary N) is 1. The maximum absolute atomic E-state index is 11.9. The fourth-order valence-electron chi connectivity index (χ4n) is 1.90. The van der Waals surface area contributed by atoms with E-state index in [0.717, 1.165) is 16.7 Å². The molecule has 4 nitrogen and oxygen atoms in total. The van der Waals surface area contributed by atoms with Crippen molar-refractivity contribution in [3.05, 3.63) is 34.9 Å². The lowest BCUT2D eigenvalue weighted by atomic mass is 10.0. The van der Waals surface area contributed by atoms with Crippen LogP contribution in [-0.4, -0.2) is 23.0 Å². The van der Waals surface area contributed by atoms with Gasteiger partial charge in [-0.15, -0.1) is 0 Å². The maximum Gasteiger partial charge on any atom is 0.326 e. The lowest BCUT2D eigenvalue weighted by Gasteiger charge is -2.18. The first-order valence-electron chi connectivity index (χ1n) is 6.39. The largest absolute Gasteiger partial charge is 0.480 e. The molecule has 0 aliphatic carbocycles. The molecular formula is C15H21NO3. The summed E-state index contributed by atoms with van der Waals surface area (Å²) in [6, 6.07) is 5.08. The molecule has 19 heavy (non-hydrogen) atoms. The summed E-state index contributed by atoms with van der Waals surface area (Å²) in [5.74, 6) is -1.39. The van der Waals surface area contributed by atoms with Gasteiger partial charge in [-0.1, -0.05) is 37.6 Å². The predicted octanol–water partition coefficient (Wildman–Crippen LogP) is 2.07. The van der Waals surface area contributed by atoms with Gasteiger partial charge in [0.05, 0.1) is 6.42 Å². The average Bonchev–Trinajstić information content (AvgIpc) is 2.30. The molecule has 1 atom stereocenters. The van der Waals surface area contributed by atoms with Crippen LogP contribution in [0.2, 0.25) is 0 Å². The number of carbonyl (C=O) groups is 2. The zero-order chi connectivity index (χ0) is 14.6. The van der Waals surface area contributed by atoms with E-state index in [-0.39, 0.29) is 18.2 Å². The fraction of sp³-hybridized carbons (Fsp3) is 0.467. The number of rotatable bonds is 5. The molecule has 0 fully saturated rings. The Labute approximate surface area is 113 Å². The van der Waals surface area contributed by atoms with Crippen LogP contribution >= 0.6 is 0 Å². The molecule has 0 saturated heterocycles. The first-order chi connectivity index (χ1) is 8.81. The smallest absolute Gasteiger partial charge is 0.326 e. The molecule has 4 heteroatoms. The maximum atomic E-state index is 11.9. The van der Waals surface area contributed by atoms with Gasteiger partial charge >= 0.3 is 5.97 Å². The van der Waals surface area contributed by atoms with E-state index in [1.54, 1.807) is 13.8 Å². The Balaban J connectivity index is 2.74. The Kier molecular flexibility index (Phi) is 5.10. The third-order valence-electron chi connectivity index (χ3n) is 3.10. The molecular weight excluding hydrogens is 242 g/mol. The van der Waals surface area contributed by atoms with Crippen molar-refractivity contribution in [2.75, 3.05) is 0 Å². The van der Waals surface area contributed by atoms with Crippen LogP contribution in [0.25, 0.3) is 0 Å². The van der Waals surface area contributed by atoms with Crippen molar-refractivity contribution in [3.63, 3.8) is 0 Å². The highest BCUT2D eigenvalue weighted by Crippen LogP contribution is 2.12. The molecule has 0 saturated carbocycles. The van der Waals surface area contributed by atoms with Crippen molar-refractivity contribution in [1.29, 1.82) is 0 Å². The quantitative estimate of drug-likeness (QED) is 0.854. The number of aryl methyl sites for hydroxylation is 2. The van der Waals surface area contributed by atoms with Crippen molar-refractivity contribution in [1.82, 2.24) is 5.32 Å². The number of carboxylic acid groups (broad SMARTS) is 1. The van der Waals surface area contributed by atoms with Crippen molar-refractivity contribution in [3.8, 4) is 0 Å². The van der Waals surface area contributed by atoms with Crippen LogP contribution < -0.4 is 5.32 Å². The second-order valence-corrected chi connectivity index (χ2v) is 5.23. The zero-order valence-corrected chi connectivity index (χ0v) is 11.9. The molecule has 1 amide bonds. The molecule has 1 aromatic rings. The number of aliphatic carboxylic acids is 1. The second kappa shape index (κ2) is 6.36. The van der Waals surface area contributed by atoms with E-state index in [0.29, 0.717) is 0 Å². The molecule has 2 N–H and O–H groups in total. The molecule has 1 unspecified atom stereocenters. The van der Waals surface area contributed by atoms with Gasteiger partial charge in [-0.3, -0.25) is 4.79 Å². The van der Waals surface area contributed by atoms with Gasteiger partial charge in [0.25, 0.3) is 0 Å². The Morgan fingerprint density at radius 3 is 2.42 bits per heavy atom. The molecule has 0 aliphatic heterocycles. The van der Waals surface area contributed by atoms with Crippen LogP contribution in [0.3, 0.4) is 0 Å². The third kappa shape index (κ3) is 4.39. The lowest BCUT2D eigenvalue weighted by molar-refractivity contribution is -0.143. The van der Waals surface area contributed by atoms with E-state index < -0.39 is 12.0 Å². The molecule has 0 radical (unpaired) electrons. The van der Waals surface area contributed by atoms with Gasteiger partial charge in [-0.2, -0.15) is 0 Å². The van der Waals surface area contributed by atoms with E-state index in [9.17, 15) is 9.59 Å². The minimum Gasteiger partial charge on any atom is -0.480 e. The predicted molar refractivity (Wildman–Crippen MR) is 74.0 cm³/mol. The van der Waals surface area contributed by atoms with Crippen LogP contribution in [0.15, 0.2) is 18.2 Å². The summed E-state index contributed by atoms with van der Waals surface area (Å²) in [5, 5.41) is 11.6. The highest BCUT2D eigenvalue weighted by Gasteiger charge is 2.23. The van der Waals surface area contributed by atoms with E-state index in [2.05, 4.69) is 5.32 Å². The van der Waals surface area contributed by atoms with Crippen molar-refractivity contribution >= 4 is 11.9 Å². The number of carbonyl (C=O) groups excluding carboxylic acids is 1. The third-order valence-corrected chi connectivity index (χ3v) is 3.10. The van der Waals surface area contributed by atoms with Crippen molar-refractivity contribution in [2.45, 2.75) is 40.2 Å². The number of benzene rings is 1. The van der Waals surface area contributed by atoms with Crippen LogP contribution in [-0.2, 0) is 16.0 Å². The van der Waals surface area contributed by atoms with Crippen molar-refractivity contribution < 1.29 is 14.7 Å². The van der Waals surface area contributed by atoms with Crippen LogP contribution in [0.1, 0.15) is 30.5 Å². The van der Waals surface area contributed by atoms with Gasteiger partial charge in [-0.25, -0.2) is 4.79 Å². The molecule has 0 spiro atoms. The van der Waals surface area contributed by atoms with E-state index in [1.807, 2.05) is 32.0 Å². The van der Waals surface area contributed by atoms with Crippen molar-refractivity contribution in [2.24, 2.45) is 5.92 Å². The summed E-state index contributed by atoms with van der Waals surface area (Å²) in [6.45, 7) is 7.46. The topological polar surface area (TPSA) is 66.4 Å². The Morgan fingerprint density at radius 1 is 1.26 bits per heavy atom. The molecule has 0 aromatic heterocycles. The summed E-state index contributed by atoms with van der Waals surface area (Å²) in [6.07, 6.45) is 0.212. The number of carboxylic acids is 1. The molecule has 0 bridgehead atoms. The molecule has 0 heterocycles. The first kappa shape index (κ1) is 15.2. The first-order valence-corrected chi connectivity index (χ1v) is 6.39. The zero-order valence-electron chi connectivity index (χ0n) is 11.9. The Bertz CT molecular complexity index is 480. The van der Waals surface area contributed by atoms with Gasteiger partial charge in [0, 0.05) is 0 Å². The average molecular weight is 263 g/mol. The minimum atomic E-state index is -0.996. The standard InChI is InChI=1S/C15H21NO3/c1-9(2)14(15(18)19)16-13(17)8-12-7-10(3)5-6-11(12)4/h5-7,9,14H,8H2,1-4H3,(H,16,17)(H,18,19). The Hall–Kier alpha value is -1.84. The van der Waals surface area contributed by atoms with Gasteiger partial charge in [0.2, 0.25) is 5.91 Å². The van der Waals surface area contributed by atoms with Crippen LogP contribution in [0.4, 0.5) is 0 Å². The lowest BCUT2D eigenvalue weighted by Crippen LogP contribution is -2.44. The monoisotopic (exact) mass is 263 g/mol. The second-order valence-electron chi connectivity index (χ2n) is 5.23. The highest BCUT2D eigenvalue weighted by molar-refractivity contribution is 5.85. The number of hydrogen-bond donors (Lipinski definition) is 2. The number of hydrogen-bond acceptors (Lipinski definition) is 2. The highest BCUT2D eigenvalue weighted by atomic mass is 16.4. The summed E-state index contributed by atoms with van der Waals surface area (Å²) in [4.78, 5) is 23.0. The van der Waals surface area contributed by atoms with E-state index in [4.69, 9.17) is 5.11 Å². The van der Waals surface area contributed by atoms with Gasteiger partial charge in [0.1, 0.15) is 6.04 Å². The van der Waals surface area contributed by atoms with Crippen LogP contribution in [0.5, 0.6) is 0 Å². The van der Waals surface area contributed by atoms with Gasteiger partial charge < -0.3 is 10.4 Å². The molecule has 104 valence electrons. The fourth-order valence-corrected chi connectivity index (χ4v) is 1.90. The summed E-state index contributed by atoms with van der Waals surface area (Å²) >= 11 is 0. The van der Waals surface area contributed by atoms with E-state index in [1.165, 1.54) is 0 Å². The molecule has 1 rings (SSSR count).